The van der Waals surface area contributed by atoms with Gasteiger partial charge in [-0.1, -0.05) is 13.8 Å². The first-order chi connectivity index (χ1) is 9.51. The van der Waals surface area contributed by atoms with E-state index in [-0.39, 0.29) is 5.78 Å². The highest BCUT2D eigenvalue weighted by Crippen LogP contribution is 2.24. The highest BCUT2D eigenvalue weighted by Gasteiger charge is 2.25. The Labute approximate surface area is 119 Å². The molecule has 4 heteroatoms. The Morgan fingerprint density at radius 1 is 1.40 bits per heavy atom. The van der Waals surface area contributed by atoms with E-state index >= 15 is 0 Å². The van der Waals surface area contributed by atoms with Crippen molar-refractivity contribution in [3.8, 4) is 5.75 Å². The number of piperidine rings is 1. The zero-order chi connectivity index (χ0) is 14.7. The number of benzene rings is 1. The van der Waals surface area contributed by atoms with Crippen molar-refractivity contribution in [2.24, 2.45) is 11.8 Å². The zero-order valence-electron chi connectivity index (χ0n) is 12.4. The Morgan fingerprint density at radius 2 is 2.15 bits per heavy atom. The van der Waals surface area contributed by atoms with Crippen molar-refractivity contribution in [3.05, 3.63) is 29.6 Å². The van der Waals surface area contributed by atoms with Gasteiger partial charge < -0.3 is 4.74 Å². The number of likely N-dealkylation sites (tertiary alicyclic amines) is 1. The number of carbonyl (C=O) groups excluding carboxylic acids is 1. The minimum absolute atomic E-state index is 0.0805. The predicted molar refractivity (Wildman–Crippen MR) is 76.7 cm³/mol. The standard InChI is InChI=1S/C16H22FNO2/c1-11-6-7-18(9-12(11)2)10-15(19)14-8-13(17)4-5-16(14)20-3/h4-5,8,11-12H,6-7,9-10H2,1-3H3. The van der Waals surface area contributed by atoms with Gasteiger partial charge in [-0.05, 0) is 43.0 Å². The summed E-state index contributed by atoms with van der Waals surface area (Å²) in [5.41, 5.74) is 0.332. The second-order valence-electron chi connectivity index (χ2n) is 5.75. The third-order valence-electron chi connectivity index (χ3n) is 4.25. The van der Waals surface area contributed by atoms with Crippen LogP contribution in [0.1, 0.15) is 30.6 Å². The number of ketones is 1. The molecule has 1 saturated heterocycles. The molecule has 1 aromatic rings. The Kier molecular flexibility index (Phi) is 4.76. The van der Waals surface area contributed by atoms with Gasteiger partial charge in [0.2, 0.25) is 0 Å². The fraction of sp³-hybridized carbons (Fsp3) is 0.562. The Hall–Kier alpha value is -1.42. The van der Waals surface area contributed by atoms with Crippen LogP contribution in [0, 0.1) is 17.7 Å². The van der Waals surface area contributed by atoms with Crippen LogP contribution in [0.4, 0.5) is 4.39 Å². The average molecular weight is 279 g/mol. The molecule has 3 nitrogen and oxygen atoms in total. The van der Waals surface area contributed by atoms with Crippen LogP contribution in [-0.4, -0.2) is 37.4 Å². The molecule has 2 unspecified atom stereocenters. The Morgan fingerprint density at radius 3 is 2.80 bits per heavy atom. The van der Waals surface area contributed by atoms with Crippen molar-refractivity contribution >= 4 is 5.78 Å². The van der Waals surface area contributed by atoms with Gasteiger partial charge in [0, 0.05) is 6.54 Å². The maximum atomic E-state index is 13.3. The number of rotatable bonds is 4. The maximum Gasteiger partial charge on any atom is 0.180 e. The van der Waals surface area contributed by atoms with E-state index in [1.165, 1.54) is 25.3 Å². The number of halogens is 1. The number of hydrogen-bond donors (Lipinski definition) is 0. The predicted octanol–water partition coefficient (Wildman–Crippen LogP) is 2.99. The van der Waals surface area contributed by atoms with Crippen molar-refractivity contribution in [1.82, 2.24) is 4.90 Å². The molecule has 20 heavy (non-hydrogen) atoms. The van der Waals surface area contributed by atoms with Crippen LogP contribution in [0.3, 0.4) is 0 Å². The van der Waals surface area contributed by atoms with Crippen LogP contribution in [0.5, 0.6) is 5.75 Å². The van der Waals surface area contributed by atoms with Gasteiger partial charge in [0.15, 0.2) is 5.78 Å². The first kappa shape index (κ1) is 15.0. The molecule has 1 aliphatic rings. The van der Waals surface area contributed by atoms with Crippen LogP contribution >= 0.6 is 0 Å². The van der Waals surface area contributed by atoms with Crippen molar-refractivity contribution in [2.45, 2.75) is 20.3 Å². The molecule has 110 valence electrons. The molecule has 0 radical (unpaired) electrons. The Bertz CT molecular complexity index is 489. The van der Waals surface area contributed by atoms with Gasteiger partial charge in [0.05, 0.1) is 19.2 Å². The lowest BCUT2D eigenvalue weighted by molar-refractivity contribution is 0.0846. The van der Waals surface area contributed by atoms with E-state index in [2.05, 4.69) is 18.7 Å². The van der Waals surface area contributed by atoms with Crippen molar-refractivity contribution in [2.75, 3.05) is 26.7 Å². The van der Waals surface area contributed by atoms with Gasteiger partial charge in [-0.2, -0.15) is 0 Å². The molecule has 1 aliphatic heterocycles. The maximum absolute atomic E-state index is 13.3. The summed E-state index contributed by atoms with van der Waals surface area (Å²) in [4.78, 5) is 14.5. The number of ether oxygens (including phenoxy) is 1. The third kappa shape index (κ3) is 3.37. The summed E-state index contributed by atoms with van der Waals surface area (Å²) in [6.45, 7) is 6.64. The monoisotopic (exact) mass is 279 g/mol. The molecule has 0 aromatic heterocycles. The molecule has 0 bridgehead atoms. The Balaban J connectivity index is 2.07. The highest BCUT2D eigenvalue weighted by molar-refractivity contribution is 6.00. The molecule has 0 aliphatic carbocycles. The van der Waals surface area contributed by atoms with Gasteiger partial charge in [0.1, 0.15) is 11.6 Å². The van der Waals surface area contributed by atoms with Gasteiger partial charge in [-0.15, -0.1) is 0 Å². The van der Waals surface area contributed by atoms with Crippen molar-refractivity contribution in [3.63, 3.8) is 0 Å². The first-order valence-corrected chi connectivity index (χ1v) is 7.10. The topological polar surface area (TPSA) is 29.5 Å². The molecule has 1 heterocycles. The van der Waals surface area contributed by atoms with Gasteiger partial charge in [0.25, 0.3) is 0 Å². The molecular formula is C16H22FNO2. The van der Waals surface area contributed by atoms with Crippen LogP contribution in [0.15, 0.2) is 18.2 Å². The SMILES string of the molecule is COc1ccc(F)cc1C(=O)CN1CCC(C)C(C)C1. The molecule has 0 N–H and O–H groups in total. The second kappa shape index (κ2) is 6.35. The number of Topliss-reactive ketones (excluding diaryl/α,β-unsaturated/α-hetero) is 1. The number of methoxy groups -OCH3 is 1. The van der Waals surface area contributed by atoms with E-state index < -0.39 is 5.82 Å². The van der Waals surface area contributed by atoms with Crippen molar-refractivity contribution < 1.29 is 13.9 Å². The van der Waals surface area contributed by atoms with E-state index in [4.69, 9.17) is 4.74 Å². The summed E-state index contributed by atoms with van der Waals surface area (Å²) >= 11 is 0. The minimum atomic E-state index is -0.408. The number of hydrogen-bond acceptors (Lipinski definition) is 3. The van der Waals surface area contributed by atoms with Gasteiger partial charge >= 0.3 is 0 Å². The normalized spacial score (nSPS) is 23.6. The smallest absolute Gasteiger partial charge is 0.180 e. The lowest BCUT2D eigenvalue weighted by atomic mass is 9.88. The summed E-state index contributed by atoms with van der Waals surface area (Å²) in [6.07, 6.45) is 1.11. The quantitative estimate of drug-likeness (QED) is 0.794. The van der Waals surface area contributed by atoms with Gasteiger partial charge in [-0.25, -0.2) is 4.39 Å². The first-order valence-electron chi connectivity index (χ1n) is 7.10. The summed E-state index contributed by atoms with van der Waals surface area (Å²) < 4.78 is 18.5. The van der Waals surface area contributed by atoms with Crippen LogP contribution < -0.4 is 4.74 Å². The zero-order valence-corrected chi connectivity index (χ0v) is 12.4. The third-order valence-corrected chi connectivity index (χ3v) is 4.25. The molecule has 1 aromatic carbocycles. The molecule has 0 amide bonds. The van der Waals surface area contributed by atoms with E-state index in [1.807, 2.05) is 0 Å². The minimum Gasteiger partial charge on any atom is -0.496 e. The van der Waals surface area contributed by atoms with E-state index in [0.29, 0.717) is 29.7 Å². The van der Waals surface area contributed by atoms with E-state index in [9.17, 15) is 9.18 Å². The molecule has 0 saturated carbocycles. The fourth-order valence-corrected chi connectivity index (χ4v) is 2.68. The van der Waals surface area contributed by atoms with Crippen molar-refractivity contribution in [1.29, 1.82) is 0 Å². The van der Waals surface area contributed by atoms with E-state index in [1.54, 1.807) is 0 Å². The second-order valence-corrected chi connectivity index (χ2v) is 5.75. The van der Waals surface area contributed by atoms with Crippen LogP contribution in [0.25, 0.3) is 0 Å². The van der Waals surface area contributed by atoms with Gasteiger partial charge in [-0.3, -0.25) is 9.69 Å². The highest BCUT2D eigenvalue weighted by atomic mass is 19.1. The summed E-state index contributed by atoms with van der Waals surface area (Å²) in [5.74, 6) is 1.24. The van der Waals surface area contributed by atoms with Crippen LogP contribution in [0.2, 0.25) is 0 Å². The average Bonchev–Trinajstić information content (AvgIpc) is 2.43. The molecule has 0 spiro atoms. The largest absolute Gasteiger partial charge is 0.496 e. The van der Waals surface area contributed by atoms with E-state index in [0.717, 1.165) is 19.5 Å². The number of carbonyl (C=O) groups is 1. The lowest BCUT2D eigenvalue weighted by Gasteiger charge is -2.34. The molecule has 2 rings (SSSR count). The number of nitrogens with zero attached hydrogens (tertiary/aromatic N) is 1. The molecule has 2 atom stereocenters. The summed E-state index contributed by atoms with van der Waals surface area (Å²) in [7, 11) is 1.49. The lowest BCUT2D eigenvalue weighted by Crippen LogP contribution is -2.41. The summed E-state index contributed by atoms with van der Waals surface area (Å²) in [6, 6.07) is 4.07. The fourth-order valence-electron chi connectivity index (χ4n) is 2.68. The van der Waals surface area contributed by atoms with Crippen LogP contribution in [-0.2, 0) is 0 Å². The summed E-state index contributed by atoms with van der Waals surface area (Å²) in [5, 5.41) is 0. The molecular weight excluding hydrogens is 257 g/mol. The molecule has 1 fully saturated rings.